The topological polar surface area (TPSA) is 25.4 Å². The minimum absolute atomic E-state index is 0.329. The van der Waals surface area contributed by atoms with Gasteiger partial charge in [0.15, 0.2) is 0 Å². The highest BCUT2D eigenvalue weighted by Gasteiger charge is 2.22. The van der Waals surface area contributed by atoms with Crippen LogP contribution in [0.3, 0.4) is 0 Å². The van der Waals surface area contributed by atoms with Crippen molar-refractivity contribution in [1.29, 1.82) is 0 Å². The van der Waals surface area contributed by atoms with Gasteiger partial charge in [0.2, 0.25) is 0 Å². The Labute approximate surface area is 88.6 Å². The molecule has 1 atom stereocenters. The third-order valence-corrected chi connectivity index (χ3v) is 2.71. The molecule has 0 saturated carbocycles. The minimum Gasteiger partial charge on any atom is -0.380 e. The van der Waals surface area contributed by atoms with Crippen molar-refractivity contribution < 1.29 is 4.74 Å². The Balaban J connectivity index is 2.09. The van der Waals surface area contributed by atoms with E-state index in [-0.39, 0.29) is 0 Å². The first kappa shape index (κ1) is 9.74. The van der Waals surface area contributed by atoms with Gasteiger partial charge in [-0.3, -0.25) is 0 Å². The van der Waals surface area contributed by atoms with Gasteiger partial charge in [-0.1, -0.05) is 17.7 Å². The fourth-order valence-corrected chi connectivity index (χ4v) is 1.86. The maximum atomic E-state index is 5.82. The van der Waals surface area contributed by atoms with E-state index in [1.54, 1.807) is 13.2 Å². The van der Waals surface area contributed by atoms with Crippen LogP contribution >= 0.6 is 11.6 Å². The highest BCUT2D eigenvalue weighted by atomic mass is 35.5. The van der Waals surface area contributed by atoms with Crippen LogP contribution in [0, 0.1) is 0 Å². The van der Waals surface area contributed by atoms with E-state index < -0.39 is 0 Å². The van der Waals surface area contributed by atoms with Crippen molar-refractivity contribution in [2.75, 3.05) is 25.1 Å². The maximum absolute atomic E-state index is 5.82. The van der Waals surface area contributed by atoms with Gasteiger partial charge in [0.05, 0.1) is 6.10 Å². The highest BCUT2D eigenvalue weighted by Crippen LogP contribution is 2.20. The maximum Gasteiger partial charge on any atom is 0.131 e. The van der Waals surface area contributed by atoms with Gasteiger partial charge in [0.1, 0.15) is 11.0 Å². The molecule has 14 heavy (non-hydrogen) atoms. The smallest absolute Gasteiger partial charge is 0.131 e. The largest absolute Gasteiger partial charge is 0.380 e. The normalized spacial score (nSPS) is 21.6. The van der Waals surface area contributed by atoms with Crippen molar-refractivity contribution in [3.8, 4) is 0 Å². The summed E-state index contributed by atoms with van der Waals surface area (Å²) < 4.78 is 5.29. The molecule has 0 spiro atoms. The van der Waals surface area contributed by atoms with E-state index in [1.165, 1.54) is 0 Å². The van der Waals surface area contributed by atoms with Gasteiger partial charge < -0.3 is 9.64 Å². The zero-order valence-electron chi connectivity index (χ0n) is 8.11. The molecule has 76 valence electrons. The van der Waals surface area contributed by atoms with E-state index in [0.29, 0.717) is 11.3 Å². The molecule has 2 rings (SSSR count). The van der Waals surface area contributed by atoms with Gasteiger partial charge in [-0.25, -0.2) is 4.98 Å². The summed E-state index contributed by atoms with van der Waals surface area (Å²) in [5.74, 6) is 0.942. The van der Waals surface area contributed by atoms with Crippen molar-refractivity contribution in [2.24, 2.45) is 0 Å². The second kappa shape index (κ2) is 4.15. The van der Waals surface area contributed by atoms with E-state index in [9.17, 15) is 0 Å². The van der Waals surface area contributed by atoms with Gasteiger partial charge in [-0.15, -0.1) is 0 Å². The van der Waals surface area contributed by atoms with E-state index >= 15 is 0 Å². The van der Waals surface area contributed by atoms with Crippen LogP contribution in [-0.2, 0) is 4.74 Å². The molecular weight excluding hydrogens is 200 g/mol. The molecule has 0 aliphatic carbocycles. The lowest BCUT2D eigenvalue weighted by atomic mass is 10.3. The van der Waals surface area contributed by atoms with Crippen LogP contribution in [0.25, 0.3) is 0 Å². The summed E-state index contributed by atoms with van der Waals surface area (Å²) in [4.78, 5) is 6.45. The van der Waals surface area contributed by atoms with Crippen molar-refractivity contribution >= 4 is 17.4 Å². The Morgan fingerprint density at radius 3 is 3.07 bits per heavy atom. The Hall–Kier alpha value is -0.800. The molecule has 1 unspecified atom stereocenters. The van der Waals surface area contributed by atoms with Crippen LogP contribution in [0.1, 0.15) is 6.42 Å². The monoisotopic (exact) mass is 212 g/mol. The molecule has 0 amide bonds. The average molecular weight is 213 g/mol. The molecule has 0 bridgehead atoms. The van der Waals surface area contributed by atoms with E-state index in [1.807, 2.05) is 12.1 Å². The van der Waals surface area contributed by atoms with Gasteiger partial charge in [-0.2, -0.15) is 0 Å². The van der Waals surface area contributed by atoms with Crippen LogP contribution in [0.4, 0.5) is 5.82 Å². The molecule has 1 saturated heterocycles. The number of anilines is 1. The summed E-state index contributed by atoms with van der Waals surface area (Å²) in [6.07, 6.45) is 1.39. The number of hydrogen-bond acceptors (Lipinski definition) is 3. The van der Waals surface area contributed by atoms with E-state index in [4.69, 9.17) is 16.3 Å². The van der Waals surface area contributed by atoms with Gasteiger partial charge in [0.25, 0.3) is 0 Å². The summed E-state index contributed by atoms with van der Waals surface area (Å²) >= 11 is 5.82. The second-order valence-corrected chi connectivity index (χ2v) is 3.80. The van der Waals surface area contributed by atoms with Crippen LogP contribution < -0.4 is 4.90 Å². The number of hydrogen-bond donors (Lipinski definition) is 0. The van der Waals surface area contributed by atoms with Gasteiger partial charge in [0, 0.05) is 20.2 Å². The fraction of sp³-hybridized carbons (Fsp3) is 0.500. The number of pyridine rings is 1. The number of aromatic nitrogens is 1. The fourth-order valence-electron chi connectivity index (χ4n) is 1.70. The molecule has 0 radical (unpaired) electrons. The van der Waals surface area contributed by atoms with Crippen molar-refractivity contribution in [2.45, 2.75) is 12.5 Å². The van der Waals surface area contributed by atoms with Crippen molar-refractivity contribution in [3.63, 3.8) is 0 Å². The summed E-state index contributed by atoms with van der Waals surface area (Å²) in [6.45, 7) is 1.90. The van der Waals surface area contributed by atoms with Crippen molar-refractivity contribution in [3.05, 3.63) is 23.4 Å². The molecule has 4 heteroatoms. The predicted octanol–water partition coefficient (Wildman–Crippen LogP) is 1.96. The molecule has 1 aliphatic heterocycles. The molecule has 1 fully saturated rings. The molecule has 0 aromatic carbocycles. The summed E-state index contributed by atoms with van der Waals surface area (Å²) in [7, 11) is 1.75. The lowest BCUT2D eigenvalue weighted by Gasteiger charge is -2.16. The minimum atomic E-state index is 0.329. The number of methoxy groups -OCH3 is 1. The molecule has 1 aromatic heterocycles. The average Bonchev–Trinajstić information content (AvgIpc) is 2.66. The Morgan fingerprint density at radius 1 is 1.57 bits per heavy atom. The quantitative estimate of drug-likeness (QED) is 0.701. The Kier molecular flexibility index (Phi) is 2.89. The lowest BCUT2D eigenvalue weighted by Crippen LogP contribution is -2.22. The SMILES string of the molecule is COC1CCN(c2cccc(Cl)n2)C1. The summed E-state index contributed by atoms with van der Waals surface area (Å²) in [5.41, 5.74) is 0. The predicted molar refractivity (Wildman–Crippen MR) is 56.9 cm³/mol. The second-order valence-electron chi connectivity index (χ2n) is 3.41. The van der Waals surface area contributed by atoms with E-state index in [0.717, 1.165) is 25.3 Å². The standard InChI is InChI=1S/C10H13ClN2O/c1-14-8-5-6-13(7-8)10-4-2-3-9(11)12-10/h2-4,8H,5-7H2,1H3. The summed E-state index contributed by atoms with van der Waals surface area (Å²) in [6, 6.07) is 5.68. The lowest BCUT2D eigenvalue weighted by molar-refractivity contribution is 0.121. The van der Waals surface area contributed by atoms with Crippen LogP contribution in [0.5, 0.6) is 0 Å². The molecular formula is C10H13ClN2O. The number of halogens is 1. The van der Waals surface area contributed by atoms with Crippen LogP contribution in [0.2, 0.25) is 5.15 Å². The van der Waals surface area contributed by atoms with Gasteiger partial charge >= 0.3 is 0 Å². The molecule has 0 N–H and O–H groups in total. The first-order valence-corrected chi connectivity index (χ1v) is 5.07. The molecule has 2 heterocycles. The third-order valence-electron chi connectivity index (χ3n) is 2.50. The molecule has 1 aliphatic rings. The van der Waals surface area contributed by atoms with Crippen LogP contribution in [-0.4, -0.2) is 31.3 Å². The molecule has 3 nitrogen and oxygen atoms in total. The van der Waals surface area contributed by atoms with Gasteiger partial charge in [-0.05, 0) is 18.6 Å². The Bertz CT molecular complexity index is 319. The summed E-state index contributed by atoms with van der Waals surface area (Å²) in [5, 5.41) is 0.545. The zero-order chi connectivity index (χ0) is 9.97. The van der Waals surface area contributed by atoms with E-state index in [2.05, 4.69) is 9.88 Å². The zero-order valence-corrected chi connectivity index (χ0v) is 8.87. The third kappa shape index (κ3) is 1.99. The first-order valence-electron chi connectivity index (χ1n) is 4.70. The molecule has 1 aromatic rings. The number of ether oxygens (including phenoxy) is 1. The van der Waals surface area contributed by atoms with Crippen LogP contribution in [0.15, 0.2) is 18.2 Å². The number of nitrogens with zero attached hydrogens (tertiary/aromatic N) is 2. The highest BCUT2D eigenvalue weighted by molar-refractivity contribution is 6.29. The Morgan fingerprint density at radius 2 is 2.43 bits per heavy atom. The number of rotatable bonds is 2. The van der Waals surface area contributed by atoms with Crippen molar-refractivity contribution in [1.82, 2.24) is 4.98 Å². The first-order chi connectivity index (χ1) is 6.79.